The third-order valence-corrected chi connectivity index (χ3v) is 8.23. The van der Waals surface area contributed by atoms with E-state index in [1.54, 1.807) is 0 Å². The van der Waals surface area contributed by atoms with Crippen LogP contribution in [0.4, 0.5) is 0 Å². The molecule has 0 saturated carbocycles. The van der Waals surface area contributed by atoms with Gasteiger partial charge in [-0.1, -0.05) is 111 Å². The van der Waals surface area contributed by atoms with Crippen LogP contribution in [0, 0.1) is 0 Å². The van der Waals surface area contributed by atoms with Crippen LogP contribution in [0.1, 0.15) is 25.0 Å². The van der Waals surface area contributed by atoms with Crippen molar-refractivity contribution < 1.29 is 4.74 Å². The van der Waals surface area contributed by atoms with Crippen molar-refractivity contribution in [3.8, 4) is 44.9 Å². The maximum Gasteiger partial charge on any atom is 0.143 e. The normalized spacial score (nSPS) is 14.3. The fourth-order valence-corrected chi connectivity index (χ4v) is 6.58. The van der Waals surface area contributed by atoms with Crippen molar-refractivity contribution in [2.24, 2.45) is 0 Å². The van der Waals surface area contributed by atoms with Gasteiger partial charge in [0.25, 0.3) is 0 Å². The van der Waals surface area contributed by atoms with E-state index in [0.717, 1.165) is 22.6 Å². The molecule has 0 fully saturated rings. The fraction of sp³-hybridized carbons (Fsp3) is 0.0857. The molecule has 0 saturated heterocycles. The number of rotatable bonds is 1. The van der Waals surface area contributed by atoms with E-state index < -0.39 is 0 Å². The second kappa shape index (κ2) is 6.86. The lowest BCUT2D eigenvalue weighted by atomic mass is 9.79. The number of hydrogen-bond acceptors (Lipinski definition) is 1. The Morgan fingerprint density at radius 1 is 0.556 bits per heavy atom. The van der Waals surface area contributed by atoms with Crippen LogP contribution in [0.15, 0.2) is 109 Å². The molecule has 0 atom stereocenters. The molecule has 0 aromatic heterocycles. The molecule has 1 heteroatoms. The Balaban J connectivity index is 1.34. The van der Waals surface area contributed by atoms with Gasteiger partial charge < -0.3 is 4.74 Å². The van der Waals surface area contributed by atoms with Crippen LogP contribution in [0.25, 0.3) is 54.9 Å². The lowest BCUT2D eigenvalue weighted by Crippen LogP contribution is -2.15. The summed E-state index contributed by atoms with van der Waals surface area (Å²) in [5.41, 5.74) is 10.1. The maximum atomic E-state index is 6.63. The first kappa shape index (κ1) is 19.9. The van der Waals surface area contributed by atoms with E-state index in [0.29, 0.717) is 0 Å². The largest absolute Gasteiger partial charge is 0.455 e. The van der Waals surface area contributed by atoms with Crippen LogP contribution < -0.4 is 4.74 Å². The molecule has 0 N–H and O–H groups in total. The topological polar surface area (TPSA) is 9.23 Å². The third-order valence-electron chi connectivity index (χ3n) is 8.23. The van der Waals surface area contributed by atoms with Crippen LogP contribution in [0.3, 0.4) is 0 Å². The Kier molecular flexibility index (Phi) is 3.79. The summed E-state index contributed by atoms with van der Waals surface area (Å²) in [6.07, 6.45) is 0. The minimum Gasteiger partial charge on any atom is -0.455 e. The van der Waals surface area contributed by atoms with Gasteiger partial charge in [-0.2, -0.15) is 0 Å². The van der Waals surface area contributed by atoms with Crippen molar-refractivity contribution in [3.05, 3.63) is 120 Å². The molecule has 0 spiro atoms. The minimum absolute atomic E-state index is 0.0879. The number of ether oxygens (including phenoxy) is 1. The molecule has 8 rings (SSSR count). The van der Waals surface area contributed by atoms with E-state index in [-0.39, 0.29) is 5.41 Å². The first-order valence-electron chi connectivity index (χ1n) is 12.6. The van der Waals surface area contributed by atoms with E-state index in [4.69, 9.17) is 4.74 Å². The van der Waals surface area contributed by atoms with Gasteiger partial charge in [0.2, 0.25) is 0 Å². The van der Waals surface area contributed by atoms with Gasteiger partial charge in [-0.25, -0.2) is 0 Å². The van der Waals surface area contributed by atoms with Gasteiger partial charge in [-0.15, -0.1) is 0 Å². The summed E-state index contributed by atoms with van der Waals surface area (Å²) in [7, 11) is 0. The molecule has 1 aliphatic carbocycles. The summed E-state index contributed by atoms with van der Waals surface area (Å²) in [6.45, 7) is 4.73. The summed E-state index contributed by atoms with van der Waals surface area (Å²) in [5.74, 6) is 1.88. The Hall–Kier alpha value is -4.36. The Bertz CT molecular complexity index is 1880. The quantitative estimate of drug-likeness (QED) is 0.237. The smallest absolute Gasteiger partial charge is 0.143 e. The van der Waals surface area contributed by atoms with Crippen LogP contribution in [-0.2, 0) is 5.41 Å². The predicted octanol–water partition coefficient (Wildman–Crippen LogP) is 9.74. The highest BCUT2D eigenvalue weighted by Gasteiger charge is 2.37. The molecule has 1 aliphatic heterocycles. The SMILES string of the molecule is CC1(C)c2cc(-c3cccc4c3Oc3cccc5cccc-4c35)ccc2-c2ccc3ccccc3c21. The Labute approximate surface area is 210 Å². The van der Waals surface area contributed by atoms with Crippen molar-refractivity contribution in [1.29, 1.82) is 0 Å². The van der Waals surface area contributed by atoms with Crippen molar-refractivity contribution in [2.45, 2.75) is 19.3 Å². The maximum absolute atomic E-state index is 6.63. The van der Waals surface area contributed by atoms with Crippen LogP contribution in [0.2, 0.25) is 0 Å². The second-order valence-electron chi connectivity index (χ2n) is 10.5. The Morgan fingerprint density at radius 3 is 2.19 bits per heavy atom. The van der Waals surface area contributed by atoms with Crippen LogP contribution >= 0.6 is 0 Å². The van der Waals surface area contributed by atoms with Gasteiger partial charge in [-0.3, -0.25) is 0 Å². The second-order valence-corrected chi connectivity index (χ2v) is 10.5. The summed E-state index contributed by atoms with van der Waals surface area (Å²) in [5, 5.41) is 5.06. The molecule has 170 valence electrons. The molecular formula is C35H24O. The number of para-hydroxylation sites is 1. The molecule has 1 nitrogen and oxygen atoms in total. The molecule has 36 heavy (non-hydrogen) atoms. The van der Waals surface area contributed by atoms with E-state index in [2.05, 4.69) is 123 Å². The van der Waals surface area contributed by atoms with E-state index in [9.17, 15) is 0 Å². The van der Waals surface area contributed by atoms with Crippen molar-refractivity contribution in [3.63, 3.8) is 0 Å². The van der Waals surface area contributed by atoms with Gasteiger partial charge in [-0.05, 0) is 61.7 Å². The molecule has 6 aromatic rings. The number of hydrogen-bond donors (Lipinski definition) is 0. The monoisotopic (exact) mass is 460 g/mol. The van der Waals surface area contributed by atoms with Gasteiger partial charge in [0.05, 0.1) is 0 Å². The lowest BCUT2D eigenvalue weighted by Gasteiger charge is -2.25. The standard InChI is InChI=1S/C35H24O/c1-35(2)30-20-23(17-18-26(30)28-19-16-21-8-3-4-11-24(21)33(28)35)25-12-7-14-29-27-13-5-9-22-10-6-15-31(32(22)27)36-34(25)29/h3-20H,1-2H3. The molecule has 6 aromatic carbocycles. The van der Waals surface area contributed by atoms with E-state index in [1.165, 1.54) is 54.9 Å². The summed E-state index contributed by atoms with van der Waals surface area (Å²) < 4.78 is 6.63. The van der Waals surface area contributed by atoms with Gasteiger partial charge >= 0.3 is 0 Å². The number of fused-ring (bicyclic) bond motifs is 7. The van der Waals surface area contributed by atoms with Crippen LogP contribution in [0.5, 0.6) is 11.5 Å². The molecule has 2 aliphatic rings. The van der Waals surface area contributed by atoms with Gasteiger partial charge in [0.1, 0.15) is 11.5 Å². The lowest BCUT2D eigenvalue weighted by molar-refractivity contribution is 0.489. The summed E-state index contributed by atoms with van der Waals surface area (Å²) >= 11 is 0. The van der Waals surface area contributed by atoms with E-state index in [1.807, 2.05) is 0 Å². The predicted molar refractivity (Wildman–Crippen MR) is 150 cm³/mol. The van der Waals surface area contributed by atoms with Crippen molar-refractivity contribution in [1.82, 2.24) is 0 Å². The fourth-order valence-electron chi connectivity index (χ4n) is 6.58. The molecule has 0 radical (unpaired) electrons. The van der Waals surface area contributed by atoms with Crippen molar-refractivity contribution in [2.75, 3.05) is 0 Å². The molecular weight excluding hydrogens is 436 g/mol. The zero-order chi connectivity index (χ0) is 24.0. The number of benzene rings is 6. The average Bonchev–Trinajstić information content (AvgIpc) is 3.15. The highest BCUT2D eigenvalue weighted by molar-refractivity contribution is 6.05. The highest BCUT2D eigenvalue weighted by atomic mass is 16.5. The first-order valence-corrected chi connectivity index (χ1v) is 12.6. The molecule has 0 amide bonds. The first-order chi connectivity index (χ1) is 17.6. The van der Waals surface area contributed by atoms with Gasteiger partial charge in [0, 0.05) is 21.9 Å². The van der Waals surface area contributed by atoms with Crippen LogP contribution in [-0.4, -0.2) is 0 Å². The molecule has 0 bridgehead atoms. The van der Waals surface area contributed by atoms with Gasteiger partial charge in [0.15, 0.2) is 0 Å². The minimum atomic E-state index is -0.0879. The molecule has 0 unspecified atom stereocenters. The zero-order valence-electron chi connectivity index (χ0n) is 20.3. The average molecular weight is 461 g/mol. The van der Waals surface area contributed by atoms with E-state index >= 15 is 0 Å². The highest BCUT2D eigenvalue weighted by Crippen LogP contribution is 2.54. The van der Waals surface area contributed by atoms with Crippen molar-refractivity contribution >= 4 is 21.5 Å². The summed E-state index contributed by atoms with van der Waals surface area (Å²) in [4.78, 5) is 0. The Morgan fingerprint density at radius 2 is 1.28 bits per heavy atom. The third kappa shape index (κ3) is 2.50. The molecule has 1 heterocycles. The zero-order valence-corrected chi connectivity index (χ0v) is 20.3. The summed E-state index contributed by atoms with van der Waals surface area (Å²) in [6, 6.07) is 39.6.